The van der Waals surface area contributed by atoms with Crippen LogP contribution in [0.25, 0.3) is 0 Å². The van der Waals surface area contributed by atoms with Crippen molar-refractivity contribution < 1.29 is 9.59 Å². The van der Waals surface area contributed by atoms with Gasteiger partial charge in [0, 0.05) is 37.1 Å². The lowest BCUT2D eigenvalue weighted by Crippen LogP contribution is -2.27. The van der Waals surface area contributed by atoms with Gasteiger partial charge in [-0.15, -0.1) is 0 Å². The third kappa shape index (κ3) is 3.94. The number of aromatic nitrogens is 2. The lowest BCUT2D eigenvalue weighted by Gasteiger charge is -2.07. The van der Waals surface area contributed by atoms with Crippen LogP contribution in [-0.2, 0) is 11.3 Å². The maximum atomic E-state index is 12.0. The summed E-state index contributed by atoms with van der Waals surface area (Å²) < 4.78 is 1.74. The number of hydrogen-bond donors (Lipinski definition) is 2. The smallest absolute Gasteiger partial charge is 0.251 e. The summed E-state index contributed by atoms with van der Waals surface area (Å²) in [4.78, 5) is 22.9. The second-order valence-corrected chi connectivity index (χ2v) is 4.29. The number of hydrogen-bond acceptors (Lipinski definition) is 3. The van der Waals surface area contributed by atoms with Gasteiger partial charge in [0.2, 0.25) is 5.91 Å². The summed E-state index contributed by atoms with van der Waals surface area (Å²) in [6, 6.07) is 8.65. The predicted molar refractivity (Wildman–Crippen MR) is 75.3 cm³/mol. The van der Waals surface area contributed by atoms with E-state index in [-0.39, 0.29) is 11.8 Å². The fourth-order valence-corrected chi connectivity index (χ4v) is 1.76. The fourth-order valence-electron chi connectivity index (χ4n) is 1.76. The van der Waals surface area contributed by atoms with Crippen LogP contribution in [0.4, 0.5) is 5.69 Å². The molecule has 0 bridgehead atoms. The van der Waals surface area contributed by atoms with E-state index in [4.69, 9.17) is 0 Å². The minimum absolute atomic E-state index is 0.166. The second kappa shape index (κ2) is 6.51. The van der Waals surface area contributed by atoms with E-state index in [0.717, 1.165) is 0 Å². The molecule has 2 aromatic rings. The van der Waals surface area contributed by atoms with E-state index in [1.165, 1.54) is 6.92 Å². The number of rotatable bonds is 5. The number of amides is 2. The number of nitrogens with one attached hydrogen (secondary N) is 2. The first-order valence-electron chi connectivity index (χ1n) is 6.28. The molecule has 104 valence electrons. The summed E-state index contributed by atoms with van der Waals surface area (Å²) in [6.45, 7) is 2.53. The zero-order valence-corrected chi connectivity index (χ0v) is 11.2. The Kier molecular flexibility index (Phi) is 4.49. The highest BCUT2D eigenvalue weighted by Crippen LogP contribution is 2.10. The number of carbonyl (C=O) groups is 2. The molecular weight excluding hydrogens is 256 g/mol. The van der Waals surface area contributed by atoms with E-state index in [9.17, 15) is 9.59 Å². The van der Waals surface area contributed by atoms with Gasteiger partial charge in [-0.2, -0.15) is 5.10 Å². The van der Waals surface area contributed by atoms with Gasteiger partial charge in [-0.3, -0.25) is 14.3 Å². The molecule has 0 spiro atoms. The van der Waals surface area contributed by atoms with Crippen LogP contribution in [-0.4, -0.2) is 28.1 Å². The highest BCUT2D eigenvalue weighted by Gasteiger charge is 2.06. The van der Waals surface area contributed by atoms with E-state index >= 15 is 0 Å². The van der Waals surface area contributed by atoms with E-state index < -0.39 is 0 Å². The van der Waals surface area contributed by atoms with Gasteiger partial charge in [-0.1, -0.05) is 6.07 Å². The molecule has 6 heteroatoms. The monoisotopic (exact) mass is 272 g/mol. The van der Waals surface area contributed by atoms with Gasteiger partial charge in [-0.05, 0) is 24.3 Å². The van der Waals surface area contributed by atoms with Crippen molar-refractivity contribution in [3.63, 3.8) is 0 Å². The quantitative estimate of drug-likeness (QED) is 0.860. The highest BCUT2D eigenvalue weighted by atomic mass is 16.2. The summed E-state index contributed by atoms with van der Waals surface area (Å²) in [5.74, 6) is -0.342. The molecule has 1 aromatic carbocycles. The Labute approximate surface area is 116 Å². The first-order chi connectivity index (χ1) is 9.65. The number of carbonyl (C=O) groups excluding carboxylic acids is 2. The molecular formula is C14H16N4O2. The molecule has 0 saturated heterocycles. The Morgan fingerprint density at radius 1 is 1.30 bits per heavy atom. The number of anilines is 1. The normalized spacial score (nSPS) is 10.1. The maximum Gasteiger partial charge on any atom is 0.251 e. The zero-order valence-electron chi connectivity index (χ0n) is 11.2. The van der Waals surface area contributed by atoms with Crippen molar-refractivity contribution in [2.75, 3.05) is 11.9 Å². The largest absolute Gasteiger partial charge is 0.350 e. The van der Waals surface area contributed by atoms with Crippen LogP contribution in [0, 0.1) is 0 Å². The highest BCUT2D eigenvalue weighted by molar-refractivity contribution is 5.96. The third-order valence-corrected chi connectivity index (χ3v) is 2.63. The third-order valence-electron chi connectivity index (χ3n) is 2.63. The molecule has 1 aromatic heterocycles. The standard InChI is InChI=1S/C14H16N4O2/c1-11(19)17-13-5-2-4-12(10-13)14(20)15-7-9-18-8-3-6-16-18/h2-6,8,10H,7,9H2,1H3,(H,15,20)(H,17,19). The SMILES string of the molecule is CC(=O)Nc1cccc(C(=O)NCCn2cccn2)c1. The van der Waals surface area contributed by atoms with Crippen molar-refractivity contribution in [1.29, 1.82) is 0 Å². The molecule has 20 heavy (non-hydrogen) atoms. The minimum atomic E-state index is -0.177. The van der Waals surface area contributed by atoms with Gasteiger partial charge >= 0.3 is 0 Å². The zero-order chi connectivity index (χ0) is 14.4. The molecule has 0 unspecified atom stereocenters. The van der Waals surface area contributed by atoms with Crippen LogP contribution in [0.1, 0.15) is 17.3 Å². The molecule has 0 atom stereocenters. The van der Waals surface area contributed by atoms with Gasteiger partial charge in [0.15, 0.2) is 0 Å². The van der Waals surface area contributed by atoms with Crippen LogP contribution < -0.4 is 10.6 Å². The van der Waals surface area contributed by atoms with Gasteiger partial charge < -0.3 is 10.6 Å². The molecule has 0 aliphatic rings. The van der Waals surface area contributed by atoms with Crippen molar-refractivity contribution in [2.45, 2.75) is 13.5 Å². The Morgan fingerprint density at radius 3 is 2.85 bits per heavy atom. The maximum absolute atomic E-state index is 12.0. The molecule has 2 amide bonds. The average molecular weight is 272 g/mol. The van der Waals surface area contributed by atoms with Crippen LogP contribution >= 0.6 is 0 Å². The van der Waals surface area contributed by atoms with Gasteiger partial charge in [0.25, 0.3) is 5.91 Å². The van der Waals surface area contributed by atoms with Crippen molar-refractivity contribution >= 4 is 17.5 Å². The lowest BCUT2D eigenvalue weighted by atomic mass is 10.2. The number of nitrogens with zero attached hydrogens (tertiary/aromatic N) is 2. The van der Waals surface area contributed by atoms with Gasteiger partial charge in [-0.25, -0.2) is 0 Å². The fraction of sp³-hybridized carbons (Fsp3) is 0.214. The summed E-state index contributed by atoms with van der Waals surface area (Å²) in [6.07, 6.45) is 3.53. The summed E-state index contributed by atoms with van der Waals surface area (Å²) >= 11 is 0. The topological polar surface area (TPSA) is 76.0 Å². The summed E-state index contributed by atoms with van der Waals surface area (Å²) in [5, 5.41) is 9.50. The van der Waals surface area contributed by atoms with E-state index in [1.54, 1.807) is 35.1 Å². The van der Waals surface area contributed by atoms with Crippen molar-refractivity contribution in [1.82, 2.24) is 15.1 Å². The average Bonchev–Trinajstić information content (AvgIpc) is 2.91. The van der Waals surface area contributed by atoms with Crippen molar-refractivity contribution in [2.24, 2.45) is 0 Å². The summed E-state index contributed by atoms with van der Waals surface area (Å²) in [7, 11) is 0. The first kappa shape index (κ1) is 13.8. The Morgan fingerprint density at radius 2 is 2.15 bits per heavy atom. The lowest BCUT2D eigenvalue weighted by molar-refractivity contribution is -0.114. The van der Waals surface area contributed by atoms with Gasteiger partial charge in [0.1, 0.15) is 0 Å². The predicted octanol–water partition coefficient (Wildman–Crippen LogP) is 1.27. The first-order valence-corrected chi connectivity index (χ1v) is 6.28. The minimum Gasteiger partial charge on any atom is -0.350 e. The molecule has 0 aliphatic heterocycles. The molecule has 0 radical (unpaired) electrons. The molecule has 0 saturated carbocycles. The van der Waals surface area contributed by atoms with E-state index in [0.29, 0.717) is 24.3 Å². The van der Waals surface area contributed by atoms with Crippen LogP contribution in [0.3, 0.4) is 0 Å². The van der Waals surface area contributed by atoms with Crippen LogP contribution in [0.2, 0.25) is 0 Å². The van der Waals surface area contributed by atoms with Crippen LogP contribution in [0.15, 0.2) is 42.7 Å². The summed E-state index contributed by atoms with van der Waals surface area (Å²) in [5.41, 5.74) is 1.12. The van der Waals surface area contributed by atoms with Crippen LogP contribution in [0.5, 0.6) is 0 Å². The van der Waals surface area contributed by atoms with E-state index in [1.807, 2.05) is 12.3 Å². The van der Waals surface area contributed by atoms with Crippen molar-refractivity contribution in [3.05, 3.63) is 48.3 Å². The van der Waals surface area contributed by atoms with Crippen molar-refractivity contribution in [3.8, 4) is 0 Å². The molecule has 1 heterocycles. The molecule has 0 fully saturated rings. The Balaban J connectivity index is 1.90. The second-order valence-electron chi connectivity index (χ2n) is 4.29. The molecule has 6 nitrogen and oxygen atoms in total. The molecule has 0 aliphatic carbocycles. The number of benzene rings is 1. The molecule has 2 N–H and O–H groups in total. The Bertz CT molecular complexity index is 593. The van der Waals surface area contributed by atoms with Gasteiger partial charge in [0.05, 0.1) is 6.54 Å². The molecule has 2 rings (SSSR count). The van der Waals surface area contributed by atoms with E-state index in [2.05, 4.69) is 15.7 Å². The Hall–Kier alpha value is -2.63.